The highest BCUT2D eigenvalue weighted by molar-refractivity contribution is 5.22. The molecule has 0 aliphatic rings. The number of aliphatic hydroxyl groups excluding tert-OH is 1. The smallest absolute Gasteiger partial charge is 0.0897 e. The third kappa shape index (κ3) is 8.27. The zero-order valence-electron chi connectivity index (χ0n) is 12.6. The van der Waals surface area contributed by atoms with Gasteiger partial charge in [-0.2, -0.15) is 0 Å². The second-order valence-corrected chi connectivity index (χ2v) is 4.87. The highest BCUT2D eigenvalue weighted by Crippen LogP contribution is 2.03. The van der Waals surface area contributed by atoms with E-state index in [0.717, 1.165) is 13.0 Å². The van der Waals surface area contributed by atoms with Crippen molar-refractivity contribution < 1.29 is 14.6 Å². The minimum absolute atomic E-state index is 0.352. The Bertz CT molecular complexity index is 357. The molecule has 0 heterocycles. The van der Waals surface area contributed by atoms with Crippen molar-refractivity contribution >= 4 is 0 Å². The van der Waals surface area contributed by atoms with Crippen molar-refractivity contribution in [2.45, 2.75) is 26.4 Å². The van der Waals surface area contributed by atoms with Gasteiger partial charge in [-0.05, 0) is 32.4 Å². The van der Waals surface area contributed by atoms with Crippen molar-refractivity contribution in [1.29, 1.82) is 0 Å². The van der Waals surface area contributed by atoms with E-state index in [1.807, 2.05) is 6.92 Å². The first-order valence-electron chi connectivity index (χ1n) is 7.32. The number of benzene rings is 1. The first kappa shape index (κ1) is 17.1. The normalized spacial score (nSPS) is 12.6. The van der Waals surface area contributed by atoms with E-state index in [9.17, 15) is 5.11 Å². The predicted octanol–water partition coefficient (Wildman–Crippen LogP) is 1.54. The number of rotatable bonds is 11. The molecule has 4 nitrogen and oxygen atoms in total. The first-order chi connectivity index (χ1) is 9.72. The summed E-state index contributed by atoms with van der Waals surface area (Å²) in [7, 11) is 0. The molecule has 2 N–H and O–H groups in total. The molecule has 1 rings (SSSR count). The Morgan fingerprint density at radius 2 is 2.05 bits per heavy atom. The molecule has 0 spiro atoms. The largest absolute Gasteiger partial charge is 0.389 e. The highest BCUT2D eigenvalue weighted by atomic mass is 16.5. The van der Waals surface area contributed by atoms with Gasteiger partial charge in [0.1, 0.15) is 0 Å². The summed E-state index contributed by atoms with van der Waals surface area (Å²) in [5.74, 6) is 0. The fourth-order valence-corrected chi connectivity index (χ4v) is 1.91. The van der Waals surface area contributed by atoms with Crippen LogP contribution in [0.4, 0.5) is 0 Å². The Morgan fingerprint density at radius 1 is 1.25 bits per heavy atom. The molecule has 114 valence electrons. The van der Waals surface area contributed by atoms with Gasteiger partial charge in [0.15, 0.2) is 0 Å². The van der Waals surface area contributed by atoms with Gasteiger partial charge in [-0.25, -0.2) is 0 Å². The molecule has 0 fully saturated rings. The third-order valence-electron chi connectivity index (χ3n) is 2.94. The van der Waals surface area contributed by atoms with Crippen LogP contribution in [0.5, 0.6) is 0 Å². The second kappa shape index (κ2) is 10.8. The number of hydrogen-bond donors (Lipinski definition) is 2. The molecule has 1 aromatic rings. The topological polar surface area (TPSA) is 50.7 Å². The summed E-state index contributed by atoms with van der Waals surface area (Å²) in [5.41, 5.74) is 2.60. The van der Waals surface area contributed by atoms with Crippen molar-refractivity contribution in [3.05, 3.63) is 35.4 Å². The van der Waals surface area contributed by atoms with Gasteiger partial charge < -0.3 is 19.9 Å². The van der Waals surface area contributed by atoms with Gasteiger partial charge in [0, 0.05) is 13.2 Å². The van der Waals surface area contributed by atoms with Crippen molar-refractivity contribution in [1.82, 2.24) is 5.32 Å². The molecular formula is C16H27NO3. The number of nitrogens with one attached hydrogen (secondary N) is 1. The summed E-state index contributed by atoms with van der Waals surface area (Å²) >= 11 is 0. The Balaban J connectivity index is 2.00. The van der Waals surface area contributed by atoms with E-state index in [-0.39, 0.29) is 0 Å². The van der Waals surface area contributed by atoms with Crippen LogP contribution in [0.2, 0.25) is 0 Å². The molecule has 4 heteroatoms. The highest BCUT2D eigenvalue weighted by Gasteiger charge is 2.03. The van der Waals surface area contributed by atoms with Crippen molar-refractivity contribution in [3.8, 4) is 0 Å². The molecule has 0 aliphatic heterocycles. The van der Waals surface area contributed by atoms with E-state index in [2.05, 4.69) is 36.5 Å². The molecule has 1 aromatic carbocycles. The van der Waals surface area contributed by atoms with Crippen LogP contribution in [0.25, 0.3) is 0 Å². The lowest BCUT2D eigenvalue weighted by molar-refractivity contribution is 0.00659. The average Bonchev–Trinajstić information content (AvgIpc) is 2.43. The standard InChI is InChI=1S/C16H27NO3/c1-3-19-9-10-20-13-16(18)12-17-8-7-15-6-4-5-14(2)11-15/h4-6,11,16-18H,3,7-10,12-13H2,1-2H3. The molecule has 0 bridgehead atoms. The molecule has 1 atom stereocenters. The molecule has 20 heavy (non-hydrogen) atoms. The van der Waals surface area contributed by atoms with Crippen LogP contribution in [0, 0.1) is 6.92 Å². The molecule has 1 unspecified atom stereocenters. The van der Waals surface area contributed by atoms with E-state index in [1.54, 1.807) is 0 Å². The van der Waals surface area contributed by atoms with Gasteiger partial charge in [0.25, 0.3) is 0 Å². The average molecular weight is 281 g/mol. The third-order valence-corrected chi connectivity index (χ3v) is 2.94. The summed E-state index contributed by atoms with van der Waals surface area (Å²) in [6.07, 6.45) is 0.508. The summed E-state index contributed by atoms with van der Waals surface area (Å²) in [6.45, 7) is 7.64. The Kier molecular flexibility index (Phi) is 9.24. The van der Waals surface area contributed by atoms with Crippen molar-refractivity contribution in [2.24, 2.45) is 0 Å². The minimum atomic E-state index is -0.464. The fourth-order valence-electron chi connectivity index (χ4n) is 1.91. The van der Waals surface area contributed by atoms with Gasteiger partial charge in [-0.3, -0.25) is 0 Å². The monoisotopic (exact) mass is 281 g/mol. The van der Waals surface area contributed by atoms with Crippen LogP contribution in [0.3, 0.4) is 0 Å². The van der Waals surface area contributed by atoms with Gasteiger partial charge in [0.2, 0.25) is 0 Å². The molecule has 0 radical (unpaired) electrons. The van der Waals surface area contributed by atoms with Crippen LogP contribution in [0.1, 0.15) is 18.1 Å². The number of aliphatic hydroxyl groups is 1. The molecule has 0 aliphatic carbocycles. The lowest BCUT2D eigenvalue weighted by Crippen LogP contribution is -2.32. The number of hydrogen-bond acceptors (Lipinski definition) is 4. The Hall–Kier alpha value is -0.940. The SMILES string of the molecule is CCOCCOCC(O)CNCCc1cccc(C)c1. The number of aryl methyl sites for hydroxylation is 1. The Labute approximate surface area is 122 Å². The predicted molar refractivity (Wildman–Crippen MR) is 81.1 cm³/mol. The van der Waals surface area contributed by atoms with Crippen LogP contribution in [-0.4, -0.2) is 50.7 Å². The molecular weight excluding hydrogens is 254 g/mol. The fraction of sp³-hybridized carbons (Fsp3) is 0.625. The van der Waals surface area contributed by atoms with Crippen molar-refractivity contribution in [2.75, 3.05) is 39.5 Å². The summed E-state index contributed by atoms with van der Waals surface area (Å²) < 4.78 is 10.5. The quantitative estimate of drug-likeness (QED) is 0.604. The van der Waals surface area contributed by atoms with Crippen LogP contribution in [-0.2, 0) is 15.9 Å². The summed E-state index contributed by atoms with van der Waals surface area (Å²) in [5, 5.41) is 13.0. The summed E-state index contributed by atoms with van der Waals surface area (Å²) in [4.78, 5) is 0. The molecule has 0 aromatic heterocycles. The lowest BCUT2D eigenvalue weighted by Gasteiger charge is -2.12. The molecule has 0 amide bonds. The van der Waals surface area contributed by atoms with Crippen LogP contribution < -0.4 is 5.32 Å². The Morgan fingerprint density at radius 3 is 2.80 bits per heavy atom. The minimum Gasteiger partial charge on any atom is -0.389 e. The molecule has 0 saturated heterocycles. The van der Waals surface area contributed by atoms with E-state index in [1.165, 1.54) is 11.1 Å². The maximum Gasteiger partial charge on any atom is 0.0897 e. The van der Waals surface area contributed by atoms with Crippen molar-refractivity contribution in [3.63, 3.8) is 0 Å². The first-order valence-corrected chi connectivity index (χ1v) is 7.32. The van der Waals surface area contributed by atoms with Gasteiger partial charge in [0.05, 0.1) is 25.9 Å². The van der Waals surface area contributed by atoms with Gasteiger partial charge in [-0.1, -0.05) is 29.8 Å². The van der Waals surface area contributed by atoms with Crippen LogP contribution >= 0.6 is 0 Å². The van der Waals surface area contributed by atoms with E-state index < -0.39 is 6.10 Å². The lowest BCUT2D eigenvalue weighted by atomic mass is 10.1. The molecule has 0 saturated carbocycles. The second-order valence-electron chi connectivity index (χ2n) is 4.87. The van der Waals surface area contributed by atoms with E-state index >= 15 is 0 Å². The van der Waals surface area contributed by atoms with Crippen LogP contribution in [0.15, 0.2) is 24.3 Å². The van der Waals surface area contributed by atoms with Gasteiger partial charge >= 0.3 is 0 Å². The van der Waals surface area contributed by atoms with Gasteiger partial charge in [-0.15, -0.1) is 0 Å². The zero-order chi connectivity index (χ0) is 14.6. The maximum atomic E-state index is 9.72. The maximum absolute atomic E-state index is 9.72. The van der Waals surface area contributed by atoms with E-state index in [0.29, 0.717) is 33.0 Å². The van der Waals surface area contributed by atoms with E-state index in [4.69, 9.17) is 9.47 Å². The summed E-state index contributed by atoms with van der Waals surface area (Å²) in [6, 6.07) is 8.49. The zero-order valence-corrected chi connectivity index (χ0v) is 12.6. The number of ether oxygens (including phenoxy) is 2.